The molecular formula is C16H12F3IN2OS. The van der Waals surface area contributed by atoms with Gasteiger partial charge < -0.3 is 5.32 Å². The van der Waals surface area contributed by atoms with Gasteiger partial charge in [0.1, 0.15) is 0 Å². The molecule has 0 bridgehead atoms. The molecule has 0 spiro atoms. The van der Waals surface area contributed by atoms with Crippen molar-refractivity contribution in [1.82, 2.24) is 5.32 Å². The van der Waals surface area contributed by atoms with Gasteiger partial charge in [-0.3, -0.25) is 10.1 Å². The lowest BCUT2D eigenvalue weighted by atomic mass is 10.1. The Bertz CT molecular complexity index is 776. The standard InChI is InChI=1S/C16H12F3IN2OS/c1-9-2-4-10(5-3-9)14(23)22-15(24)21-13-7-6-11(20)8-12(13)16(17,18)19/h2-8H,1H3,(H2,21,22,23,24). The SMILES string of the molecule is Cc1ccc(C(=O)NC(=S)Nc2ccc(I)cc2C(F)(F)F)cc1. The minimum atomic E-state index is -4.53. The van der Waals surface area contributed by atoms with Gasteiger partial charge in [0.25, 0.3) is 5.91 Å². The summed E-state index contributed by atoms with van der Waals surface area (Å²) in [5.74, 6) is -0.494. The first kappa shape index (κ1) is 18.7. The summed E-state index contributed by atoms with van der Waals surface area (Å²) in [5, 5.41) is 4.60. The van der Waals surface area contributed by atoms with Crippen molar-refractivity contribution in [2.45, 2.75) is 13.1 Å². The van der Waals surface area contributed by atoms with E-state index in [0.29, 0.717) is 9.13 Å². The van der Waals surface area contributed by atoms with Crippen LogP contribution in [0, 0.1) is 10.5 Å². The summed E-state index contributed by atoms with van der Waals surface area (Å²) < 4.78 is 39.7. The maximum atomic E-state index is 13.1. The number of halogens is 4. The number of rotatable bonds is 2. The lowest BCUT2D eigenvalue weighted by molar-refractivity contribution is -0.137. The van der Waals surface area contributed by atoms with Crippen LogP contribution in [0.4, 0.5) is 18.9 Å². The van der Waals surface area contributed by atoms with Gasteiger partial charge in [-0.1, -0.05) is 17.7 Å². The third-order valence-corrected chi connectivity index (χ3v) is 3.95. The van der Waals surface area contributed by atoms with Gasteiger partial charge in [-0.15, -0.1) is 0 Å². The summed E-state index contributed by atoms with van der Waals surface area (Å²) in [7, 11) is 0. The van der Waals surface area contributed by atoms with Crippen molar-refractivity contribution in [3.8, 4) is 0 Å². The van der Waals surface area contributed by atoms with Crippen LogP contribution in [-0.2, 0) is 6.18 Å². The molecule has 0 aliphatic rings. The van der Waals surface area contributed by atoms with Crippen LogP contribution in [0.25, 0.3) is 0 Å². The van der Waals surface area contributed by atoms with Gasteiger partial charge in [-0.05, 0) is 72.1 Å². The summed E-state index contributed by atoms with van der Waals surface area (Å²) in [6, 6.07) is 10.5. The topological polar surface area (TPSA) is 41.1 Å². The quantitative estimate of drug-likeness (QED) is 0.498. The van der Waals surface area contributed by atoms with E-state index in [9.17, 15) is 18.0 Å². The smallest absolute Gasteiger partial charge is 0.332 e. The zero-order valence-electron chi connectivity index (χ0n) is 12.4. The Morgan fingerprint density at radius 2 is 1.75 bits per heavy atom. The largest absolute Gasteiger partial charge is 0.418 e. The first-order valence-corrected chi connectivity index (χ1v) is 8.21. The highest BCUT2D eigenvalue weighted by Crippen LogP contribution is 2.35. The summed E-state index contributed by atoms with van der Waals surface area (Å²) in [6.45, 7) is 1.88. The normalized spacial score (nSPS) is 11.0. The van der Waals surface area contributed by atoms with Crippen LogP contribution in [0.15, 0.2) is 42.5 Å². The summed E-state index contributed by atoms with van der Waals surface area (Å²) in [5.41, 5.74) is 0.294. The lowest BCUT2D eigenvalue weighted by Crippen LogP contribution is -2.34. The van der Waals surface area contributed by atoms with Crippen molar-refractivity contribution in [3.05, 3.63) is 62.7 Å². The first-order valence-electron chi connectivity index (χ1n) is 6.72. The van der Waals surface area contributed by atoms with Gasteiger partial charge in [0.15, 0.2) is 5.11 Å². The second kappa shape index (κ2) is 7.47. The van der Waals surface area contributed by atoms with Crippen LogP contribution in [0.1, 0.15) is 21.5 Å². The third kappa shape index (κ3) is 4.91. The number of hydrogen-bond acceptors (Lipinski definition) is 2. The van der Waals surface area contributed by atoms with E-state index in [2.05, 4.69) is 10.6 Å². The van der Waals surface area contributed by atoms with E-state index in [1.807, 2.05) is 6.92 Å². The van der Waals surface area contributed by atoms with Crippen LogP contribution in [0.5, 0.6) is 0 Å². The average molecular weight is 464 g/mol. The minimum absolute atomic E-state index is 0.202. The van der Waals surface area contributed by atoms with Gasteiger partial charge >= 0.3 is 6.18 Å². The molecule has 2 aromatic rings. The van der Waals surface area contributed by atoms with Crippen molar-refractivity contribution < 1.29 is 18.0 Å². The zero-order valence-corrected chi connectivity index (χ0v) is 15.3. The average Bonchev–Trinajstić information content (AvgIpc) is 2.48. The number of anilines is 1. The molecule has 0 atom stereocenters. The molecule has 0 radical (unpaired) electrons. The van der Waals surface area contributed by atoms with E-state index in [4.69, 9.17) is 12.2 Å². The molecule has 24 heavy (non-hydrogen) atoms. The van der Waals surface area contributed by atoms with Crippen molar-refractivity contribution in [2.24, 2.45) is 0 Å². The number of alkyl halides is 3. The molecule has 2 rings (SSSR count). The van der Waals surface area contributed by atoms with Gasteiger partial charge in [0.2, 0.25) is 0 Å². The Hall–Kier alpha value is -1.68. The van der Waals surface area contributed by atoms with Crippen LogP contribution >= 0.6 is 34.8 Å². The number of carbonyl (C=O) groups is 1. The monoisotopic (exact) mass is 464 g/mol. The van der Waals surface area contributed by atoms with Gasteiger partial charge in [0, 0.05) is 9.13 Å². The van der Waals surface area contributed by atoms with Crippen LogP contribution in [0.2, 0.25) is 0 Å². The number of thiocarbonyl (C=S) groups is 1. The van der Waals surface area contributed by atoms with Crippen molar-refractivity contribution in [1.29, 1.82) is 0 Å². The number of aryl methyl sites for hydroxylation is 1. The Morgan fingerprint density at radius 1 is 1.12 bits per heavy atom. The highest BCUT2D eigenvalue weighted by Gasteiger charge is 2.34. The molecule has 126 valence electrons. The number of nitrogens with one attached hydrogen (secondary N) is 2. The summed E-state index contributed by atoms with van der Waals surface area (Å²) in [4.78, 5) is 12.0. The maximum absolute atomic E-state index is 13.1. The summed E-state index contributed by atoms with van der Waals surface area (Å²) in [6.07, 6.45) is -4.53. The molecule has 2 N–H and O–H groups in total. The van der Waals surface area contributed by atoms with E-state index in [1.165, 1.54) is 12.1 Å². The number of benzene rings is 2. The molecule has 0 saturated heterocycles. The molecule has 8 heteroatoms. The van der Waals surface area contributed by atoms with Crippen LogP contribution in [-0.4, -0.2) is 11.0 Å². The molecule has 3 nitrogen and oxygen atoms in total. The molecule has 0 aliphatic heterocycles. The predicted molar refractivity (Wildman–Crippen MR) is 99.0 cm³/mol. The second-order valence-corrected chi connectivity index (χ2v) is 6.62. The Balaban J connectivity index is 2.13. The van der Waals surface area contributed by atoms with Crippen molar-refractivity contribution in [2.75, 3.05) is 5.32 Å². The van der Waals surface area contributed by atoms with Crippen molar-refractivity contribution in [3.63, 3.8) is 0 Å². The fraction of sp³-hybridized carbons (Fsp3) is 0.125. The van der Waals surface area contributed by atoms with E-state index < -0.39 is 17.6 Å². The highest BCUT2D eigenvalue weighted by atomic mass is 127. The van der Waals surface area contributed by atoms with E-state index >= 15 is 0 Å². The molecule has 0 unspecified atom stereocenters. The molecule has 1 amide bonds. The molecular weight excluding hydrogens is 452 g/mol. The van der Waals surface area contributed by atoms with Gasteiger partial charge in [-0.2, -0.15) is 13.2 Å². The van der Waals surface area contributed by atoms with Crippen molar-refractivity contribution >= 4 is 51.5 Å². The van der Waals surface area contributed by atoms with Gasteiger partial charge in [0.05, 0.1) is 11.3 Å². The molecule has 2 aromatic carbocycles. The Kier molecular flexibility index (Phi) is 5.81. The number of amides is 1. The fourth-order valence-corrected chi connectivity index (χ4v) is 2.59. The van der Waals surface area contributed by atoms with Gasteiger partial charge in [-0.25, -0.2) is 0 Å². The predicted octanol–water partition coefficient (Wildman–Crippen LogP) is 4.75. The first-order chi connectivity index (χ1) is 11.2. The Morgan fingerprint density at radius 3 is 2.33 bits per heavy atom. The highest BCUT2D eigenvalue weighted by molar-refractivity contribution is 14.1. The molecule has 0 fully saturated rings. The zero-order chi connectivity index (χ0) is 17.9. The minimum Gasteiger partial charge on any atom is -0.332 e. The molecule has 0 saturated carbocycles. The van der Waals surface area contributed by atoms with E-state index in [1.54, 1.807) is 46.9 Å². The molecule has 0 aliphatic carbocycles. The number of carbonyl (C=O) groups excluding carboxylic acids is 1. The lowest BCUT2D eigenvalue weighted by Gasteiger charge is -2.16. The fourth-order valence-electron chi connectivity index (χ4n) is 1.89. The summed E-state index contributed by atoms with van der Waals surface area (Å²) >= 11 is 6.74. The third-order valence-electron chi connectivity index (χ3n) is 3.08. The van der Waals surface area contributed by atoms with E-state index in [0.717, 1.165) is 11.6 Å². The molecule has 0 heterocycles. The van der Waals surface area contributed by atoms with Crippen LogP contribution in [0.3, 0.4) is 0 Å². The number of hydrogen-bond donors (Lipinski definition) is 2. The molecule has 0 aromatic heterocycles. The maximum Gasteiger partial charge on any atom is 0.418 e. The van der Waals surface area contributed by atoms with Crippen LogP contribution < -0.4 is 10.6 Å². The Labute approximate surface area is 155 Å². The van der Waals surface area contributed by atoms with E-state index in [-0.39, 0.29) is 10.8 Å². The second-order valence-electron chi connectivity index (χ2n) is 4.96.